The predicted octanol–water partition coefficient (Wildman–Crippen LogP) is 4.11. The summed E-state index contributed by atoms with van der Waals surface area (Å²) < 4.78 is 31.5. The fourth-order valence-corrected chi connectivity index (χ4v) is 4.73. The summed E-state index contributed by atoms with van der Waals surface area (Å²) in [7, 11) is -0.912. The van der Waals surface area contributed by atoms with Crippen molar-refractivity contribution in [3.05, 3.63) is 78.9 Å². The van der Waals surface area contributed by atoms with Gasteiger partial charge in [-0.15, -0.1) is 0 Å². The Bertz CT molecular complexity index is 1100. The summed E-state index contributed by atoms with van der Waals surface area (Å²) >= 11 is 1.52. The Balaban J connectivity index is 1.69. The molecule has 0 saturated carbocycles. The van der Waals surface area contributed by atoms with Gasteiger partial charge in [0.25, 0.3) is 0 Å². The van der Waals surface area contributed by atoms with E-state index in [2.05, 4.69) is 5.32 Å². The van der Waals surface area contributed by atoms with Crippen LogP contribution in [0.5, 0.6) is 5.75 Å². The predicted molar refractivity (Wildman–Crippen MR) is 118 cm³/mol. The Hall–Kier alpha value is -2.81. The van der Waals surface area contributed by atoms with Crippen molar-refractivity contribution in [3.8, 4) is 5.75 Å². The van der Waals surface area contributed by atoms with Gasteiger partial charge < -0.3 is 10.1 Å². The Morgan fingerprint density at radius 1 is 0.967 bits per heavy atom. The third-order valence-corrected chi connectivity index (χ3v) is 7.17. The summed E-state index contributed by atoms with van der Waals surface area (Å²) in [5.41, 5.74) is 0.631. The van der Waals surface area contributed by atoms with Gasteiger partial charge in [0.15, 0.2) is 0 Å². The standard InChI is InChI=1S/C22H22N2O4S2/c1-24(30(26,27)19-14-12-17(28-2)13-15-19)16-22(25)23-20-10-6-7-11-21(20)29-18-8-4-3-5-9-18/h3-15H,16H2,1-2H3,(H,23,25). The van der Waals surface area contributed by atoms with Crippen molar-refractivity contribution in [2.75, 3.05) is 26.0 Å². The summed E-state index contributed by atoms with van der Waals surface area (Å²) in [6.45, 7) is -0.307. The molecule has 0 spiro atoms. The maximum absolute atomic E-state index is 12.7. The van der Waals surface area contributed by atoms with Crippen molar-refractivity contribution in [2.45, 2.75) is 14.7 Å². The molecule has 3 aromatic carbocycles. The van der Waals surface area contributed by atoms with E-state index < -0.39 is 15.9 Å². The lowest BCUT2D eigenvalue weighted by Gasteiger charge is -2.18. The highest BCUT2D eigenvalue weighted by atomic mass is 32.2. The zero-order chi connectivity index (χ0) is 21.6. The number of likely N-dealkylation sites (N-methyl/N-ethyl adjacent to an activating group) is 1. The van der Waals surface area contributed by atoms with Crippen LogP contribution in [-0.2, 0) is 14.8 Å². The van der Waals surface area contributed by atoms with Crippen molar-refractivity contribution >= 4 is 33.4 Å². The van der Waals surface area contributed by atoms with E-state index in [0.717, 1.165) is 14.1 Å². The largest absolute Gasteiger partial charge is 0.497 e. The molecule has 0 aliphatic carbocycles. The zero-order valence-electron chi connectivity index (χ0n) is 16.6. The first-order valence-corrected chi connectivity index (χ1v) is 11.4. The Morgan fingerprint density at radius 3 is 2.27 bits per heavy atom. The highest BCUT2D eigenvalue weighted by Crippen LogP contribution is 2.33. The number of methoxy groups -OCH3 is 1. The molecule has 1 N–H and O–H groups in total. The molecule has 30 heavy (non-hydrogen) atoms. The van der Waals surface area contributed by atoms with Crippen molar-refractivity contribution < 1.29 is 17.9 Å². The molecule has 0 atom stereocenters. The second-order valence-corrected chi connectivity index (χ2v) is 9.56. The van der Waals surface area contributed by atoms with Gasteiger partial charge in [-0.2, -0.15) is 4.31 Å². The number of nitrogens with one attached hydrogen (secondary N) is 1. The molecule has 3 aromatic rings. The van der Waals surface area contributed by atoms with Crippen molar-refractivity contribution in [3.63, 3.8) is 0 Å². The fourth-order valence-electron chi connectivity index (χ4n) is 2.68. The third-order valence-electron chi connectivity index (χ3n) is 4.27. The molecule has 0 heterocycles. The molecule has 156 valence electrons. The minimum Gasteiger partial charge on any atom is -0.497 e. The van der Waals surface area contributed by atoms with Crippen LogP contribution < -0.4 is 10.1 Å². The van der Waals surface area contributed by atoms with Gasteiger partial charge in [0, 0.05) is 16.8 Å². The molecule has 0 saturated heterocycles. The number of carbonyl (C=O) groups excluding carboxylic acids is 1. The summed E-state index contributed by atoms with van der Waals surface area (Å²) in [5, 5.41) is 2.82. The van der Waals surface area contributed by atoms with Crippen LogP contribution in [0.15, 0.2) is 93.5 Å². The normalized spacial score (nSPS) is 11.3. The lowest BCUT2D eigenvalue weighted by atomic mass is 10.3. The van der Waals surface area contributed by atoms with Gasteiger partial charge in [-0.25, -0.2) is 8.42 Å². The molecular formula is C22H22N2O4S2. The third kappa shape index (κ3) is 5.41. The molecule has 1 amide bonds. The van der Waals surface area contributed by atoms with Crippen LogP contribution in [0.1, 0.15) is 0 Å². The van der Waals surface area contributed by atoms with Gasteiger partial charge in [0.05, 0.1) is 24.2 Å². The van der Waals surface area contributed by atoms with Crippen LogP contribution >= 0.6 is 11.8 Å². The van der Waals surface area contributed by atoms with Gasteiger partial charge >= 0.3 is 0 Å². The van der Waals surface area contributed by atoms with E-state index in [1.54, 1.807) is 18.2 Å². The molecule has 0 fully saturated rings. The van der Waals surface area contributed by atoms with Crippen LogP contribution in [0, 0.1) is 0 Å². The lowest BCUT2D eigenvalue weighted by molar-refractivity contribution is -0.116. The number of carbonyl (C=O) groups is 1. The number of hydrogen-bond acceptors (Lipinski definition) is 5. The van der Waals surface area contributed by atoms with E-state index in [1.165, 1.54) is 38.1 Å². The summed E-state index contributed by atoms with van der Waals surface area (Å²) in [4.78, 5) is 14.6. The summed E-state index contributed by atoms with van der Waals surface area (Å²) in [6.07, 6.45) is 0. The van der Waals surface area contributed by atoms with Gasteiger partial charge in [0.1, 0.15) is 5.75 Å². The minimum absolute atomic E-state index is 0.0960. The maximum Gasteiger partial charge on any atom is 0.243 e. The van der Waals surface area contributed by atoms with Crippen molar-refractivity contribution in [1.82, 2.24) is 4.31 Å². The van der Waals surface area contributed by atoms with E-state index in [4.69, 9.17) is 4.74 Å². The Labute approximate surface area is 180 Å². The van der Waals surface area contributed by atoms with Crippen molar-refractivity contribution in [1.29, 1.82) is 0 Å². The average Bonchev–Trinajstić information content (AvgIpc) is 2.75. The van der Waals surface area contributed by atoms with E-state index >= 15 is 0 Å². The van der Waals surface area contributed by atoms with Gasteiger partial charge in [-0.05, 0) is 48.5 Å². The number of benzene rings is 3. The van der Waals surface area contributed by atoms with Crippen LogP contribution in [-0.4, -0.2) is 39.3 Å². The highest BCUT2D eigenvalue weighted by Gasteiger charge is 2.23. The SMILES string of the molecule is COc1ccc(S(=O)(=O)N(C)CC(=O)Nc2ccccc2Sc2ccccc2)cc1. The number of hydrogen-bond donors (Lipinski definition) is 1. The number of sulfonamides is 1. The molecule has 0 radical (unpaired) electrons. The van der Waals surface area contributed by atoms with E-state index in [9.17, 15) is 13.2 Å². The van der Waals surface area contributed by atoms with Gasteiger partial charge in [-0.3, -0.25) is 4.79 Å². The number of nitrogens with zero attached hydrogens (tertiary/aromatic N) is 1. The molecule has 3 rings (SSSR count). The molecular weight excluding hydrogens is 420 g/mol. The van der Waals surface area contributed by atoms with Crippen molar-refractivity contribution in [2.24, 2.45) is 0 Å². The lowest BCUT2D eigenvalue weighted by Crippen LogP contribution is -2.35. The number of amides is 1. The molecule has 0 aliphatic heterocycles. The smallest absolute Gasteiger partial charge is 0.243 e. The monoisotopic (exact) mass is 442 g/mol. The zero-order valence-corrected chi connectivity index (χ0v) is 18.2. The summed E-state index contributed by atoms with van der Waals surface area (Å²) in [6, 6.07) is 23.3. The quantitative estimate of drug-likeness (QED) is 0.568. The molecule has 0 aliphatic rings. The molecule has 6 nitrogen and oxygen atoms in total. The molecule has 8 heteroatoms. The Kier molecular flexibility index (Phi) is 7.15. The van der Waals surface area contributed by atoms with E-state index in [-0.39, 0.29) is 11.4 Å². The fraction of sp³-hybridized carbons (Fsp3) is 0.136. The van der Waals surface area contributed by atoms with Crippen LogP contribution in [0.25, 0.3) is 0 Å². The number of ether oxygens (including phenoxy) is 1. The van der Waals surface area contributed by atoms with Crippen LogP contribution in [0.3, 0.4) is 0 Å². The van der Waals surface area contributed by atoms with Gasteiger partial charge in [0.2, 0.25) is 15.9 Å². The average molecular weight is 443 g/mol. The first kappa shape index (κ1) is 21.9. The maximum atomic E-state index is 12.7. The minimum atomic E-state index is -3.80. The Morgan fingerprint density at radius 2 is 1.60 bits per heavy atom. The van der Waals surface area contributed by atoms with Crippen LogP contribution in [0.4, 0.5) is 5.69 Å². The second kappa shape index (κ2) is 9.80. The topological polar surface area (TPSA) is 75.7 Å². The highest BCUT2D eigenvalue weighted by molar-refractivity contribution is 7.99. The van der Waals surface area contributed by atoms with E-state index in [1.807, 2.05) is 48.5 Å². The molecule has 0 aromatic heterocycles. The second-order valence-electron chi connectivity index (χ2n) is 6.40. The molecule has 0 unspecified atom stereocenters. The number of rotatable bonds is 8. The van der Waals surface area contributed by atoms with E-state index in [0.29, 0.717) is 11.4 Å². The van der Waals surface area contributed by atoms with Gasteiger partial charge in [-0.1, -0.05) is 42.1 Å². The van der Waals surface area contributed by atoms with Crippen LogP contribution in [0.2, 0.25) is 0 Å². The number of anilines is 1. The first-order chi connectivity index (χ1) is 14.4. The number of para-hydroxylation sites is 1. The molecule has 0 bridgehead atoms. The first-order valence-electron chi connectivity index (χ1n) is 9.12. The summed E-state index contributed by atoms with van der Waals surface area (Å²) in [5.74, 6) is 0.137.